The van der Waals surface area contributed by atoms with Crippen molar-refractivity contribution in [2.24, 2.45) is 11.8 Å². The first-order valence-corrected chi connectivity index (χ1v) is 14.4. The summed E-state index contributed by atoms with van der Waals surface area (Å²) in [6.07, 6.45) is 4.33. The van der Waals surface area contributed by atoms with Gasteiger partial charge in [-0.1, -0.05) is 37.8 Å². The smallest absolute Gasteiger partial charge is 0.247 e. The van der Waals surface area contributed by atoms with E-state index in [-0.39, 0.29) is 24.0 Å². The van der Waals surface area contributed by atoms with Crippen LogP contribution in [0.5, 0.6) is 17.2 Å². The quantitative estimate of drug-likeness (QED) is 0.180. The fraction of sp³-hybridized carbons (Fsp3) is 0.400. The van der Waals surface area contributed by atoms with Crippen molar-refractivity contribution in [2.45, 2.75) is 31.9 Å². The fourth-order valence-corrected chi connectivity index (χ4v) is 6.74. The van der Waals surface area contributed by atoms with Crippen LogP contribution in [0.25, 0.3) is 6.08 Å². The Morgan fingerprint density at radius 1 is 0.950 bits per heavy atom. The second kappa shape index (κ2) is 12.9. The maximum Gasteiger partial charge on any atom is 0.247 e. The van der Waals surface area contributed by atoms with Crippen molar-refractivity contribution in [1.29, 1.82) is 0 Å². The van der Waals surface area contributed by atoms with Gasteiger partial charge >= 0.3 is 0 Å². The summed E-state index contributed by atoms with van der Waals surface area (Å²) in [5.41, 5.74) is 1.50. The Hall–Kier alpha value is -3.37. The van der Waals surface area contributed by atoms with Crippen LogP contribution >= 0.6 is 24.0 Å². The summed E-state index contributed by atoms with van der Waals surface area (Å²) in [5, 5.41) is -0.548. The number of likely N-dealkylation sites (tertiary alicyclic amines) is 1. The number of allylic oxidation sites excluding steroid dienone is 1. The molecule has 2 aliphatic rings. The Labute approximate surface area is 244 Å². The van der Waals surface area contributed by atoms with Crippen LogP contribution in [0.3, 0.4) is 0 Å². The van der Waals surface area contributed by atoms with Gasteiger partial charge in [0, 0.05) is 30.6 Å². The van der Waals surface area contributed by atoms with E-state index < -0.39 is 5.25 Å². The van der Waals surface area contributed by atoms with Crippen molar-refractivity contribution in [3.63, 3.8) is 0 Å². The van der Waals surface area contributed by atoms with E-state index in [9.17, 15) is 14.4 Å². The van der Waals surface area contributed by atoms with Crippen LogP contribution in [0, 0.1) is 11.8 Å². The van der Waals surface area contributed by atoms with Crippen molar-refractivity contribution in [3.05, 3.63) is 53.6 Å². The Bertz CT molecular complexity index is 1320. The number of hydrogen-bond acceptors (Lipinski definition) is 8. The van der Waals surface area contributed by atoms with Crippen molar-refractivity contribution < 1.29 is 28.6 Å². The molecular formula is C30H34N2O6S2. The molecule has 2 saturated heterocycles. The maximum atomic E-state index is 13.2. The molecule has 2 aromatic carbocycles. The predicted octanol–water partition coefficient (Wildman–Crippen LogP) is 5.24. The lowest BCUT2D eigenvalue weighted by molar-refractivity contribution is -0.121. The SMILES string of the molecule is COc1ccc(/C=C/C(=O)c2ccc(N3C(=O)C[C@H](SC(=S)N4C[C@H](C)C[C@H](C)C4)C3=O)cc2)c(OC)c1OC. The normalized spacial score (nSPS) is 21.2. The van der Waals surface area contributed by atoms with Gasteiger partial charge in [-0.25, -0.2) is 4.90 Å². The molecule has 2 aliphatic heterocycles. The molecule has 0 radical (unpaired) electrons. The van der Waals surface area contributed by atoms with Crippen LogP contribution in [0.15, 0.2) is 42.5 Å². The van der Waals surface area contributed by atoms with Gasteiger partial charge in [-0.15, -0.1) is 0 Å². The third-order valence-corrected chi connectivity index (χ3v) is 8.69. The number of nitrogens with zero attached hydrogens (tertiary/aromatic N) is 2. The molecule has 0 saturated carbocycles. The van der Waals surface area contributed by atoms with E-state index in [0.717, 1.165) is 19.5 Å². The van der Waals surface area contributed by atoms with Crippen molar-refractivity contribution in [2.75, 3.05) is 39.3 Å². The number of carbonyl (C=O) groups is 3. The molecule has 0 bridgehead atoms. The van der Waals surface area contributed by atoms with Gasteiger partial charge < -0.3 is 19.1 Å². The van der Waals surface area contributed by atoms with Gasteiger partial charge in [-0.05, 0) is 66.8 Å². The summed E-state index contributed by atoms with van der Waals surface area (Å²) in [5.74, 6) is 1.67. The average molecular weight is 583 g/mol. The number of imide groups is 1. The topological polar surface area (TPSA) is 85.4 Å². The average Bonchev–Trinajstić information content (AvgIpc) is 3.22. The zero-order chi connectivity index (χ0) is 29.0. The lowest BCUT2D eigenvalue weighted by atomic mass is 9.92. The van der Waals surface area contributed by atoms with Gasteiger partial charge in [0.2, 0.25) is 17.6 Å². The summed E-state index contributed by atoms with van der Waals surface area (Å²) in [7, 11) is 4.57. The van der Waals surface area contributed by atoms with E-state index in [2.05, 4.69) is 18.7 Å². The summed E-state index contributed by atoms with van der Waals surface area (Å²) in [6.45, 7) is 6.16. The van der Waals surface area contributed by atoms with Crippen LogP contribution in [0.1, 0.15) is 42.6 Å². The Kier molecular flexibility index (Phi) is 9.52. The molecule has 2 heterocycles. The molecule has 3 atom stereocenters. The Balaban J connectivity index is 1.43. The number of piperidine rings is 1. The van der Waals surface area contributed by atoms with Gasteiger partial charge in [-0.3, -0.25) is 14.4 Å². The number of thioether (sulfide) groups is 1. The second-order valence-electron chi connectivity index (χ2n) is 10.2. The first-order valence-electron chi connectivity index (χ1n) is 13.1. The minimum atomic E-state index is -0.548. The molecular weight excluding hydrogens is 548 g/mol. The molecule has 212 valence electrons. The number of ketones is 1. The van der Waals surface area contributed by atoms with Gasteiger partial charge in [-0.2, -0.15) is 0 Å². The molecule has 0 spiro atoms. The van der Waals surface area contributed by atoms with Crippen LogP contribution in [0.2, 0.25) is 0 Å². The van der Waals surface area contributed by atoms with Crippen LogP contribution < -0.4 is 19.1 Å². The summed E-state index contributed by atoms with van der Waals surface area (Å²) >= 11 is 6.96. The van der Waals surface area contributed by atoms with Crippen LogP contribution in [0.4, 0.5) is 5.69 Å². The Morgan fingerprint density at radius 2 is 1.60 bits per heavy atom. The minimum absolute atomic E-state index is 0.0964. The van der Waals surface area contributed by atoms with Gasteiger partial charge in [0.25, 0.3) is 0 Å². The number of carbonyl (C=O) groups excluding carboxylic acids is 3. The molecule has 0 unspecified atom stereocenters. The van der Waals surface area contributed by atoms with Gasteiger partial charge in [0.05, 0.1) is 27.0 Å². The first-order chi connectivity index (χ1) is 19.2. The van der Waals surface area contributed by atoms with E-state index in [1.54, 1.807) is 42.5 Å². The molecule has 2 amide bonds. The molecule has 0 N–H and O–H groups in total. The number of amides is 2. The maximum absolute atomic E-state index is 13.2. The number of benzene rings is 2. The summed E-state index contributed by atoms with van der Waals surface area (Å²) in [4.78, 5) is 42.2. The number of methoxy groups -OCH3 is 3. The standard InChI is InChI=1S/C30H34N2O6S2/c1-18-14-19(2)17-31(16-18)30(39)40-25-15-26(34)32(29(25)35)22-10-6-20(7-11-22)23(33)12-8-21-9-13-24(36-3)28(38-5)27(21)37-4/h6-13,18-19,25H,14-17H2,1-5H3/b12-8+/t18-,19+,25-/m0/s1. The van der Waals surface area contributed by atoms with Crippen molar-refractivity contribution in [1.82, 2.24) is 4.90 Å². The monoisotopic (exact) mass is 582 g/mol. The minimum Gasteiger partial charge on any atom is -0.493 e. The second-order valence-corrected chi connectivity index (χ2v) is 12.0. The number of ether oxygens (including phenoxy) is 3. The molecule has 10 heteroatoms. The highest BCUT2D eigenvalue weighted by atomic mass is 32.2. The summed E-state index contributed by atoms with van der Waals surface area (Å²) in [6, 6.07) is 9.95. The van der Waals surface area contributed by atoms with E-state index >= 15 is 0 Å². The summed E-state index contributed by atoms with van der Waals surface area (Å²) < 4.78 is 16.8. The highest BCUT2D eigenvalue weighted by Crippen LogP contribution is 2.40. The third kappa shape index (κ3) is 6.33. The molecule has 0 aromatic heterocycles. The van der Waals surface area contributed by atoms with Crippen molar-refractivity contribution in [3.8, 4) is 17.2 Å². The lowest BCUT2D eigenvalue weighted by Gasteiger charge is -2.36. The van der Waals surface area contributed by atoms with Crippen LogP contribution in [-0.4, -0.2) is 66.5 Å². The lowest BCUT2D eigenvalue weighted by Crippen LogP contribution is -2.41. The molecule has 8 nitrogen and oxygen atoms in total. The Morgan fingerprint density at radius 3 is 2.20 bits per heavy atom. The zero-order valence-corrected chi connectivity index (χ0v) is 25.0. The first kappa shape index (κ1) is 29.6. The highest BCUT2D eigenvalue weighted by molar-refractivity contribution is 8.23. The van der Waals surface area contributed by atoms with E-state index in [1.807, 2.05) is 0 Å². The number of hydrogen-bond donors (Lipinski definition) is 0. The highest BCUT2D eigenvalue weighted by Gasteiger charge is 2.41. The largest absolute Gasteiger partial charge is 0.493 e. The van der Waals surface area contributed by atoms with Crippen LogP contribution in [-0.2, 0) is 9.59 Å². The number of anilines is 1. The fourth-order valence-electron chi connectivity index (χ4n) is 5.27. The molecule has 2 aromatic rings. The van der Waals surface area contributed by atoms with Gasteiger partial charge in [0.15, 0.2) is 17.3 Å². The molecule has 4 rings (SSSR count). The van der Waals surface area contributed by atoms with Gasteiger partial charge in [0.1, 0.15) is 9.57 Å². The zero-order valence-electron chi connectivity index (χ0n) is 23.3. The predicted molar refractivity (Wildman–Crippen MR) is 162 cm³/mol. The van der Waals surface area contributed by atoms with E-state index in [1.165, 1.54) is 44.1 Å². The number of thiocarbonyl (C=S) groups is 1. The molecule has 2 fully saturated rings. The number of rotatable bonds is 8. The molecule has 40 heavy (non-hydrogen) atoms. The van der Waals surface area contributed by atoms with E-state index in [4.69, 9.17) is 26.4 Å². The van der Waals surface area contributed by atoms with Crippen molar-refractivity contribution >= 4 is 57.7 Å². The van der Waals surface area contributed by atoms with E-state index in [0.29, 0.717) is 50.2 Å². The molecule has 0 aliphatic carbocycles. The third-order valence-electron chi connectivity index (χ3n) is 7.03.